The second-order valence-electron chi connectivity index (χ2n) is 16.9. The van der Waals surface area contributed by atoms with E-state index in [9.17, 15) is 4.79 Å². The maximum absolute atomic E-state index is 14.1. The summed E-state index contributed by atoms with van der Waals surface area (Å²) in [5.74, 6) is 2.69. The predicted molar refractivity (Wildman–Crippen MR) is 263 cm³/mol. The summed E-state index contributed by atoms with van der Waals surface area (Å²) in [5.41, 5.74) is 17.1. The van der Waals surface area contributed by atoms with E-state index in [0.717, 1.165) is 81.0 Å². The fourth-order valence-corrected chi connectivity index (χ4v) is 9.71. The summed E-state index contributed by atoms with van der Waals surface area (Å²) >= 11 is 0. The lowest BCUT2D eigenvalue weighted by molar-refractivity contribution is 0.0997. The van der Waals surface area contributed by atoms with Crippen LogP contribution < -0.4 is 4.90 Å². The van der Waals surface area contributed by atoms with E-state index in [1.165, 1.54) is 33.4 Å². The molecular formula is C59H41N5O. The van der Waals surface area contributed by atoms with Crippen molar-refractivity contribution in [1.29, 1.82) is 0 Å². The Kier molecular flexibility index (Phi) is 9.49. The molecule has 0 saturated carbocycles. The number of aryl methyl sites for hydroxylation is 1. The molecule has 1 amide bonds. The molecule has 0 N–H and O–H groups in total. The fraction of sp³-hybridized carbons (Fsp3) is 0.0678. The Labute approximate surface area is 378 Å². The average molecular weight is 836 g/mol. The topological polar surface area (TPSA) is 71.3 Å². The van der Waals surface area contributed by atoms with E-state index in [4.69, 9.17) is 19.9 Å². The number of rotatable bonds is 6. The van der Waals surface area contributed by atoms with Crippen LogP contribution >= 0.6 is 0 Å². The van der Waals surface area contributed by atoms with E-state index in [1.54, 1.807) is 0 Å². The number of amides is 1. The van der Waals surface area contributed by atoms with Crippen LogP contribution in [-0.4, -0.2) is 26.7 Å². The van der Waals surface area contributed by atoms with Gasteiger partial charge in [-0.25, -0.2) is 19.9 Å². The predicted octanol–water partition coefficient (Wildman–Crippen LogP) is 13.7. The first-order valence-corrected chi connectivity index (χ1v) is 22.2. The minimum absolute atomic E-state index is 0.00194. The van der Waals surface area contributed by atoms with E-state index < -0.39 is 0 Å². The van der Waals surface area contributed by atoms with Crippen LogP contribution in [0.4, 0.5) is 11.4 Å². The van der Waals surface area contributed by atoms with E-state index in [2.05, 4.69) is 97.1 Å². The third-order valence-corrected chi connectivity index (χ3v) is 12.9. The molecule has 1 atom stereocenters. The van der Waals surface area contributed by atoms with Gasteiger partial charge in [0, 0.05) is 28.2 Å². The highest BCUT2D eigenvalue weighted by molar-refractivity contribution is 6.28. The molecule has 9 aromatic rings. The normalized spacial score (nSPS) is 14.9. The van der Waals surface area contributed by atoms with Gasteiger partial charge in [0.15, 0.2) is 17.5 Å². The average Bonchev–Trinajstić information content (AvgIpc) is 3.67. The van der Waals surface area contributed by atoms with Crippen molar-refractivity contribution in [2.45, 2.75) is 25.2 Å². The first kappa shape index (κ1) is 38.3. The molecule has 0 spiro atoms. The monoisotopic (exact) mass is 835 g/mol. The second-order valence-corrected chi connectivity index (χ2v) is 16.9. The van der Waals surface area contributed by atoms with Crippen LogP contribution in [-0.2, 0) is 12.8 Å². The van der Waals surface area contributed by atoms with Crippen molar-refractivity contribution in [1.82, 2.24) is 15.0 Å². The van der Waals surface area contributed by atoms with Gasteiger partial charge in [-0.15, -0.1) is 0 Å². The quantitative estimate of drug-likeness (QED) is 0.167. The highest BCUT2D eigenvalue weighted by atomic mass is 16.2. The zero-order valence-electron chi connectivity index (χ0n) is 35.5. The molecule has 1 aromatic heterocycles. The number of aliphatic imine (C=N–C) groups is 1. The summed E-state index contributed by atoms with van der Waals surface area (Å²) in [6.45, 7) is 0. The largest absolute Gasteiger partial charge is 0.268 e. The number of para-hydroxylation sites is 1. The maximum atomic E-state index is 14.1. The SMILES string of the molecule is O=C1c2ccccc2C2CCc3cc(-c4ccc5c(c4)-c4ccccc4C=C(c4cccc(-c6nc(-c7ccccc7)nc(-c7ccccc7)n6)c4)C5)ccc3N=C2N1c1ccccc1. The Morgan fingerprint density at radius 2 is 1.06 bits per heavy atom. The summed E-state index contributed by atoms with van der Waals surface area (Å²) in [6.07, 6.45) is 4.80. The van der Waals surface area contributed by atoms with Gasteiger partial charge in [0.2, 0.25) is 0 Å². The summed E-state index contributed by atoms with van der Waals surface area (Å²) in [6, 6.07) is 69.0. The Bertz CT molecular complexity index is 3320. The summed E-state index contributed by atoms with van der Waals surface area (Å²) in [5, 5.41) is 0. The smallest absolute Gasteiger partial charge is 0.264 e. The van der Waals surface area contributed by atoms with Gasteiger partial charge in [-0.2, -0.15) is 0 Å². The van der Waals surface area contributed by atoms with Gasteiger partial charge in [-0.1, -0.05) is 164 Å². The molecule has 8 aromatic carbocycles. The van der Waals surface area contributed by atoms with E-state index in [0.29, 0.717) is 17.5 Å². The molecule has 1 aliphatic carbocycles. The molecule has 3 heterocycles. The molecule has 1 unspecified atom stereocenters. The van der Waals surface area contributed by atoms with Crippen molar-refractivity contribution < 1.29 is 4.79 Å². The van der Waals surface area contributed by atoms with Crippen molar-refractivity contribution in [3.63, 3.8) is 0 Å². The number of carbonyl (C=O) groups is 1. The van der Waals surface area contributed by atoms with Gasteiger partial charge in [0.05, 0.1) is 11.4 Å². The fourth-order valence-electron chi connectivity index (χ4n) is 9.71. The van der Waals surface area contributed by atoms with Crippen molar-refractivity contribution in [3.05, 3.63) is 234 Å². The van der Waals surface area contributed by atoms with E-state index in [1.807, 2.05) is 114 Å². The lowest BCUT2D eigenvalue weighted by Crippen LogP contribution is -2.45. The number of nitrogens with zero attached hydrogens (tertiary/aromatic N) is 5. The molecule has 2 aliphatic heterocycles. The van der Waals surface area contributed by atoms with Crippen LogP contribution in [0.15, 0.2) is 205 Å². The van der Waals surface area contributed by atoms with Gasteiger partial charge in [-0.3, -0.25) is 9.69 Å². The number of allylic oxidation sites excluding steroid dienone is 1. The maximum Gasteiger partial charge on any atom is 0.264 e. The summed E-state index contributed by atoms with van der Waals surface area (Å²) in [4.78, 5) is 36.2. The number of carbonyl (C=O) groups excluding carboxylic acids is 1. The number of aromatic nitrogens is 3. The molecule has 0 bridgehead atoms. The lowest BCUT2D eigenvalue weighted by Gasteiger charge is -2.35. The van der Waals surface area contributed by atoms with Gasteiger partial charge >= 0.3 is 0 Å². The molecule has 6 nitrogen and oxygen atoms in total. The first-order chi connectivity index (χ1) is 32.1. The van der Waals surface area contributed by atoms with Crippen molar-refractivity contribution in [3.8, 4) is 56.4 Å². The first-order valence-electron chi connectivity index (χ1n) is 22.2. The number of amidine groups is 1. The molecule has 12 rings (SSSR count). The Morgan fingerprint density at radius 3 is 1.82 bits per heavy atom. The van der Waals surface area contributed by atoms with Crippen molar-refractivity contribution >= 4 is 34.8 Å². The van der Waals surface area contributed by atoms with Gasteiger partial charge < -0.3 is 0 Å². The van der Waals surface area contributed by atoms with Gasteiger partial charge in [0.25, 0.3) is 5.91 Å². The van der Waals surface area contributed by atoms with Gasteiger partial charge in [-0.05, 0) is 117 Å². The molecule has 308 valence electrons. The number of hydrogen-bond acceptors (Lipinski definition) is 5. The Balaban J connectivity index is 0.891. The molecule has 0 saturated heterocycles. The minimum Gasteiger partial charge on any atom is -0.268 e. The van der Waals surface area contributed by atoms with Crippen LogP contribution in [0.2, 0.25) is 0 Å². The second kappa shape index (κ2) is 16.1. The van der Waals surface area contributed by atoms with E-state index in [-0.39, 0.29) is 11.8 Å². The lowest BCUT2D eigenvalue weighted by atomic mass is 9.84. The third kappa shape index (κ3) is 7.06. The zero-order chi connectivity index (χ0) is 43.3. The van der Waals surface area contributed by atoms with Crippen LogP contribution in [0, 0.1) is 0 Å². The summed E-state index contributed by atoms with van der Waals surface area (Å²) < 4.78 is 0. The molecule has 3 aliphatic rings. The highest BCUT2D eigenvalue weighted by Gasteiger charge is 2.39. The zero-order valence-corrected chi connectivity index (χ0v) is 35.5. The molecule has 0 fully saturated rings. The van der Waals surface area contributed by atoms with Crippen molar-refractivity contribution in [2.75, 3.05) is 4.90 Å². The Hall–Kier alpha value is -8.35. The highest BCUT2D eigenvalue weighted by Crippen LogP contribution is 2.43. The van der Waals surface area contributed by atoms with Crippen LogP contribution in [0.3, 0.4) is 0 Å². The van der Waals surface area contributed by atoms with Crippen LogP contribution in [0.25, 0.3) is 68.1 Å². The van der Waals surface area contributed by atoms with E-state index >= 15 is 0 Å². The summed E-state index contributed by atoms with van der Waals surface area (Å²) in [7, 11) is 0. The number of benzene rings is 8. The van der Waals surface area contributed by atoms with Crippen LogP contribution in [0.1, 0.15) is 50.5 Å². The number of anilines is 1. The number of hydrogen-bond donors (Lipinski definition) is 0. The molecule has 65 heavy (non-hydrogen) atoms. The third-order valence-electron chi connectivity index (χ3n) is 12.9. The standard InChI is InChI=1S/C59H41N5O/c65-59-52-26-13-12-25-50(52)51-31-29-45-33-41(30-32-54(45)60-58(51)64(59)48-22-8-3-9-23-48)42-27-28-44-36-47(35-43-19-10-11-24-49(43)53(44)37-42)40-20-14-21-46(34-40)57-62-55(38-15-4-1-5-16-38)61-56(63-57)39-17-6-2-7-18-39/h1-28,30,32-35,37,51H,29,31,36H2. The van der Waals surface area contributed by atoms with Crippen LogP contribution in [0.5, 0.6) is 0 Å². The Morgan fingerprint density at radius 1 is 0.462 bits per heavy atom. The molecular weight excluding hydrogens is 795 g/mol. The number of fused-ring (bicyclic) bond motifs is 7. The molecule has 0 radical (unpaired) electrons. The van der Waals surface area contributed by atoms with Crippen molar-refractivity contribution in [2.24, 2.45) is 4.99 Å². The van der Waals surface area contributed by atoms with Gasteiger partial charge in [0.1, 0.15) is 5.84 Å². The molecule has 6 heteroatoms. The minimum atomic E-state index is -0.0323.